The van der Waals surface area contributed by atoms with E-state index in [1.54, 1.807) is 13.2 Å². The van der Waals surface area contributed by atoms with Crippen molar-refractivity contribution in [1.29, 1.82) is 0 Å². The summed E-state index contributed by atoms with van der Waals surface area (Å²) in [5.41, 5.74) is -0.697. The average molecular weight is 426 g/mol. The predicted molar refractivity (Wildman–Crippen MR) is 106 cm³/mol. The number of hydrogen-bond acceptors (Lipinski definition) is 6. The maximum absolute atomic E-state index is 12.9. The summed E-state index contributed by atoms with van der Waals surface area (Å²) in [6, 6.07) is -0.837. The van der Waals surface area contributed by atoms with Crippen molar-refractivity contribution in [3.05, 3.63) is 0 Å². The van der Waals surface area contributed by atoms with E-state index in [1.165, 1.54) is 16.7 Å². The van der Waals surface area contributed by atoms with Gasteiger partial charge in [-0.05, 0) is 19.6 Å². The fraction of sp³-hybridized carbons (Fsp3) is 0.944. The van der Waals surface area contributed by atoms with Gasteiger partial charge in [-0.3, -0.25) is 4.79 Å². The zero-order chi connectivity index (χ0) is 20.3. The van der Waals surface area contributed by atoms with Crippen molar-refractivity contribution < 1.29 is 29.8 Å². The van der Waals surface area contributed by atoms with Gasteiger partial charge >= 0.3 is 0 Å². The van der Waals surface area contributed by atoms with Crippen LogP contribution >= 0.6 is 23.4 Å². The summed E-state index contributed by atoms with van der Waals surface area (Å²) < 4.78 is 5.80. The zero-order valence-electron chi connectivity index (χ0n) is 16.5. The first-order chi connectivity index (χ1) is 12.7. The van der Waals surface area contributed by atoms with Crippen molar-refractivity contribution in [2.75, 3.05) is 19.8 Å². The van der Waals surface area contributed by atoms with E-state index in [0.29, 0.717) is 5.92 Å². The highest BCUT2D eigenvalue weighted by molar-refractivity contribution is 7.99. The van der Waals surface area contributed by atoms with Gasteiger partial charge in [0.25, 0.3) is 5.91 Å². The van der Waals surface area contributed by atoms with Crippen molar-refractivity contribution in [1.82, 2.24) is 5.32 Å². The molecule has 158 valence electrons. The fourth-order valence-corrected chi connectivity index (χ4v) is 5.15. The summed E-state index contributed by atoms with van der Waals surface area (Å²) in [7, 11) is 2.02. The Hall–Kier alpha value is -0.0900. The van der Waals surface area contributed by atoms with Gasteiger partial charge in [0.2, 0.25) is 0 Å². The Bertz CT molecular complexity index is 498. The number of aliphatic hydroxyl groups is 3. The summed E-state index contributed by atoms with van der Waals surface area (Å²) in [5, 5.41) is 33.1. The molecule has 1 amide bonds. The summed E-state index contributed by atoms with van der Waals surface area (Å²) in [5.74, 6) is 0.424. The van der Waals surface area contributed by atoms with Crippen LogP contribution < -0.4 is 10.2 Å². The van der Waals surface area contributed by atoms with Crippen LogP contribution in [0.3, 0.4) is 0 Å². The number of halogens is 1. The smallest absolute Gasteiger partial charge is 0.278 e. The van der Waals surface area contributed by atoms with E-state index >= 15 is 0 Å². The number of likely N-dealkylation sites (N-methyl/N-ethyl adjacent to an activating group) is 1. The molecule has 10 atom stereocenters. The molecule has 2 rings (SSSR count). The molecule has 2 aliphatic rings. The lowest BCUT2D eigenvalue weighted by Gasteiger charge is -2.44. The van der Waals surface area contributed by atoms with Crippen LogP contribution in [-0.4, -0.2) is 88.4 Å². The molecule has 5 N–H and O–H groups in total. The fourth-order valence-electron chi connectivity index (χ4n) is 4.26. The second-order valence-electron chi connectivity index (χ2n) is 7.88. The van der Waals surface area contributed by atoms with E-state index in [2.05, 4.69) is 12.2 Å². The molecule has 2 fully saturated rings. The number of rotatable bonds is 7. The largest absolute Gasteiger partial charge is 0.388 e. The normalized spacial score (nSPS) is 41.9. The van der Waals surface area contributed by atoms with E-state index in [0.717, 1.165) is 25.8 Å². The van der Waals surface area contributed by atoms with Crippen LogP contribution in [0.2, 0.25) is 0 Å². The number of ether oxygens (including phenoxy) is 1. The molecule has 1 unspecified atom stereocenters. The van der Waals surface area contributed by atoms with Crippen LogP contribution in [0.25, 0.3) is 0 Å². The van der Waals surface area contributed by atoms with Gasteiger partial charge in [-0.2, -0.15) is 0 Å². The van der Waals surface area contributed by atoms with Gasteiger partial charge in [0.1, 0.15) is 29.9 Å². The molecular formula is C18H34ClN2O5S+. The van der Waals surface area contributed by atoms with Gasteiger partial charge in [0, 0.05) is 12.3 Å². The van der Waals surface area contributed by atoms with Crippen LogP contribution in [0, 0.1) is 5.92 Å². The van der Waals surface area contributed by atoms with E-state index in [9.17, 15) is 20.1 Å². The SMILES string of the molecule is CCC[C@H]1C[C@@H](C(=O)N[C@@H]([C@H]2O[C@H](SC)[C@H](O)[C@@H](O)[C@H]2O)[C@@H](C)Cl)[NH+](C)C1. The van der Waals surface area contributed by atoms with Crippen molar-refractivity contribution in [3.63, 3.8) is 0 Å². The Morgan fingerprint density at radius 3 is 2.56 bits per heavy atom. The second-order valence-corrected chi connectivity index (χ2v) is 9.51. The molecule has 0 aromatic carbocycles. The number of likely N-dealkylation sites (tertiary alicyclic amines) is 1. The molecule has 0 spiro atoms. The van der Waals surface area contributed by atoms with Crippen LogP contribution in [-0.2, 0) is 9.53 Å². The highest BCUT2D eigenvalue weighted by atomic mass is 35.5. The molecule has 0 aromatic heterocycles. The van der Waals surface area contributed by atoms with Gasteiger partial charge in [-0.25, -0.2) is 0 Å². The Kier molecular flexibility index (Phi) is 8.67. The van der Waals surface area contributed by atoms with Gasteiger partial charge in [0.05, 0.1) is 25.0 Å². The number of aliphatic hydroxyl groups excluding tert-OH is 3. The highest BCUT2D eigenvalue weighted by Gasteiger charge is 2.49. The predicted octanol–water partition coefficient (Wildman–Crippen LogP) is -1.03. The lowest BCUT2D eigenvalue weighted by atomic mass is 9.92. The molecule has 0 aliphatic carbocycles. The lowest BCUT2D eigenvalue weighted by molar-refractivity contribution is -0.884. The minimum atomic E-state index is -1.36. The maximum Gasteiger partial charge on any atom is 0.278 e. The lowest BCUT2D eigenvalue weighted by Crippen LogP contribution is -3.12. The third-order valence-electron chi connectivity index (χ3n) is 5.78. The van der Waals surface area contributed by atoms with Crippen molar-refractivity contribution in [3.8, 4) is 0 Å². The third-order valence-corrected chi connectivity index (χ3v) is 6.91. The van der Waals surface area contributed by atoms with E-state index in [1.807, 2.05) is 7.05 Å². The number of hydrogen-bond donors (Lipinski definition) is 5. The maximum atomic E-state index is 12.9. The van der Waals surface area contributed by atoms with Crippen LogP contribution in [0.5, 0.6) is 0 Å². The number of thioether (sulfide) groups is 1. The first-order valence-corrected chi connectivity index (χ1v) is 11.4. The first kappa shape index (κ1) is 23.2. The monoisotopic (exact) mass is 425 g/mol. The molecule has 2 heterocycles. The molecule has 2 aliphatic heterocycles. The standard InChI is InChI=1S/C18H33ClN2O5S/c1-5-6-10-7-11(21(3)8-10)17(25)20-12(9(2)19)16-14(23)13(22)15(24)18(26-16)27-4/h9-16,18,22-24H,5-8H2,1-4H3,(H,20,25)/p+1/t9-,10+,11+,12-,13+,14-,15-,16-,18-/m1/s1. The Morgan fingerprint density at radius 1 is 1.33 bits per heavy atom. The molecule has 7 nitrogen and oxygen atoms in total. The zero-order valence-corrected chi connectivity index (χ0v) is 18.0. The minimum Gasteiger partial charge on any atom is -0.388 e. The van der Waals surface area contributed by atoms with Crippen molar-refractivity contribution in [2.45, 2.75) is 80.4 Å². The Labute approximate surface area is 170 Å². The quantitative estimate of drug-likeness (QED) is 0.334. The van der Waals surface area contributed by atoms with E-state index in [4.69, 9.17) is 16.3 Å². The molecule has 2 saturated heterocycles. The number of nitrogens with one attached hydrogen (secondary N) is 2. The van der Waals surface area contributed by atoms with E-state index in [-0.39, 0.29) is 11.9 Å². The molecule has 27 heavy (non-hydrogen) atoms. The molecule has 0 saturated carbocycles. The summed E-state index contributed by atoms with van der Waals surface area (Å²) in [4.78, 5) is 14.1. The molecule has 0 bridgehead atoms. The van der Waals surface area contributed by atoms with Gasteiger partial charge in [-0.1, -0.05) is 13.3 Å². The van der Waals surface area contributed by atoms with Crippen LogP contribution in [0.4, 0.5) is 0 Å². The minimum absolute atomic E-state index is 0.110. The first-order valence-electron chi connectivity index (χ1n) is 9.70. The number of alkyl halides is 1. The van der Waals surface area contributed by atoms with Crippen molar-refractivity contribution >= 4 is 29.3 Å². The van der Waals surface area contributed by atoms with E-state index < -0.39 is 41.3 Å². The number of carbonyl (C=O) groups excluding carboxylic acids is 1. The highest BCUT2D eigenvalue weighted by Crippen LogP contribution is 2.30. The van der Waals surface area contributed by atoms with Crippen LogP contribution in [0.1, 0.15) is 33.1 Å². The van der Waals surface area contributed by atoms with Gasteiger partial charge in [0.15, 0.2) is 6.04 Å². The molecular weight excluding hydrogens is 392 g/mol. The molecule has 0 aromatic rings. The summed E-state index contributed by atoms with van der Waals surface area (Å²) in [6.07, 6.45) is 0.00196. The Balaban J connectivity index is 2.09. The van der Waals surface area contributed by atoms with Crippen molar-refractivity contribution in [2.24, 2.45) is 5.92 Å². The Morgan fingerprint density at radius 2 is 2.00 bits per heavy atom. The van der Waals surface area contributed by atoms with Gasteiger partial charge < -0.3 is 30.3 Å². The summed E-state index contributed by atoms with van der Waals surface area (Å²) in [6.45, 7) is 4.84. The average Bonchev–Trinajstić information content (AvgIpc) is 2.99. The topological polar surface area (TPSA) is 103 Å². The van der Waals surface area contributed by atoms with Crippen LogP contribution in [0.15, 0.2) is 0 Å². The van der Waals surface area contributed by atoms with Gasteiger partial charge in [-0.15, -0.1) is 23.4 Å². The third kappa shape index (κ3) is 5.29. The number of quaternary nitrogens is 1. The molecule has 9 heteroatoms. The number of carbonyl (C=O) groups is 1. The number of amides is 1. The second kappa shape index (κ2) is 10.1. The molecule has 0 radical (unpaired) electrons. The summed E-state index contributed by atoms with van der Waals surface area (Å²) >= 11 is 7.56.